The highest BCUT2D eigenvalue weighted by Crippen LogP contribution is 2.09. The van der Waals surface area contributed by atoms with Gasteiger partial charge in [-0.05, 0) is 18.1 Å². The minimum atomic E-state index is -0.686. The molecule has 0 radical (unpaired) electrons. The van der Waals surface area contributed by atoms with Crippen LogP contribution in [0.3, 0.4) is 0 Å². The van der Waals surface area contributed by atoms with E-state index in [1.807, 2.05) is 30.3 Å². The summed E-state index contributed by atoms with van der Waals surface area (Å²) in [5, 5.41) is 8.71. The number of carbonyl (C=O) groups is 1. The highest BCUT2D eigenvalue weighted by Gasteiger charge is 2.06. The molecule has 0 saturated carbocycles. The molecule has 0 aliphatic carbocycles. The fourth-order valence-corrected chi connectivity index (χ4v) is 1.16. The smallest absolute Gasteiger partial charge is 0.349 e. The fraction of sp³-hybridized carbons (Fsp3) is 0.143. The van der Waals surface area contributed by atoms with Crippen molar-refractivity contribution in [1.82, 2.24) is 0 Å². The average Bonchev–Trinajstić information content (AvgIpc) is 2.43. The number of benzene rings is 1. The third-order valence-electron chi connectivity index (χ3n) is 2.12. The number of carbonyl (C=O) groups excluding carboxylic acids is 1. The Morgan fingerprint density at radius 2 is 2.06 bits per heavy atom. The highest BCUT2D eigenvalue weighted by molar-refractivity contribution is 5.93. The lowest BCUT2D eigenvalue weighted by Gasteiger charge is -2.09. The van der Waals surface area contributed by atoms with Gasteiger partial charge in [0, 0.05) is 24.9 Å². The van der Waals surface area contributed by atoms with E-state index < -0.39 is 5.97 Å². The maximum absolute atomic E-state index is 11.1. The van der Waals surface area contributed by atoms with Crippen molar-refractivity contribution >= 4 is 11.7 Å². The standard InChI is InChI=1S/C14H12N2O2/c1-16(13-8-4-3-5-9-13)10-6-7-12(11-15)14(17)18-2/h3-5,7-9H,1-2H3/b12-7+. The van der Waals surface area contributed by atoms with E-state index in [1.165, 1.54) is 13.2 Å². The lowest BCUT2D eigenvalue weighted by molar-refractivity contribution is -0.135. The van der Waals surface area contributed by atoms with E-state index in [0.29, 0.717) is 0 Å². The van der Waals surface area contributed by atoms with Gasteiger partial charge in [-0.15, -0.1) is 0 Å². The Hall–Kier alpha value is -2.72. The zero-order chi connectivity index (χ0) is 13.4. The molecule has 18 heavy (non-hydrogen) atoms. The van der Waals surface area contributed by atoms with E-state index in [4.69, 9.17) is 5.26 Å². The number of para-hydroxylation sites is 1. The first-order chi connectivity index (χ1) is 8.69. The Morgan fingerprint density at radius 3 is 2.61 bits per heavy atom. The first-order valence-corrected chi connectivity index (χ1v) is 5.17. The second kappa shape index (κ2) is 6.78. The van der Waals surface area contributed by atoms with Gasteiger partial charge in [-0.3, -0.25) is 0 Å². The molecule has 0 aliphatic rings. The summed E-state index contributed by atoms with van der Waals surface area (Å²) in [6.45, 7) is 0. The lowest BCUT2D eigenvalue weighted by Crippen LogP contribution is -2.08. The second-order valence-electron chi connectivity index (χ2n) is 3.31. The van der Waals surface area contributed by atoms with Crippen molar-refractivity contribution in [2.75, 3.05) is 19.1 Å². The second-order valence-corrected chi connectivity index (χ2v) is 3.31. The number of methoxy groups -OCH3 is 1. The predicted molar refractivity (Wildman–Crippen MR) is 68.3 cm³/mol. The number of esters is 1. The number of hydrogen-bond donors (Lipinski definition) is 0. The van der Waals surface area contributed by atoms with Gasteiger partial charge in [0.1, 0.15) is 11.6 Å². The van der Waals surface area contributed by atoms with Crippen LogP contribution in [-0.2, 0) is 9.53 Å². The van der Waals surface area contributed by atoms with Gasteiger partial charge >= 0.3 is 5.97 Å². The van der Waals surface area contributed by atoms with Gasteiger partial charge in [-0.1, -0.05) is 18.2 Å². The third-order valence-corrected chi connectivity index (χ3v) is 2.12. The molecule has 1 aromatic rings. The summed E-state index contributed by atoms with van der Waals surface area (Å²) in [5.74, 6) is 1.95. The maximum atomic E-state index is 11.1. The molecule has 0 aromatic heterocycles. The Morgan fingerprint density at radius 1 is 1.39 bits per heavy atom. The minimum Gasteiger partial charge on any atom is -0.465 e. The van der Waals surface area contributed by atoms with Crippen LogP contribution in [-0.4, -0.2) is 20.1 Å². The molecule has 4 nitrogen and oxygen atoms in total. The molecule has 0 amide bonds. The molecule has 1 rings (SSSR count). The largest absolute Gasteiger partial charge is 0.465 e. The van der Waals surface area contributed by atoms with Gasteiger partial charge in [-0.2, -0.15) is 5.26 Å². The van der Waals surface area contributed by atoms with Crippen molar-refractivity contribution < 1.29 is 9.53 Å². The Labute approximate surface area is 106 Å². The molecule has 0 spiro atoms. The average molecular weight is 240 g/mol. The highest BCUT2D eigenvalue weighted by atomic mass is 16.5. The molecule has 0 heterocycles. The maximum Gasteiger partial charge on any atom is 0.349 e. The number of nitriles is 1. The zero-order valence-corrected chi connectivity index (χ0v) is 10.2. The molecule has 0 unspecified atom stereocenters. The van der Waals surface area contributed by atoms with E-state index in [1.54, 1.807) is 18.0 Å². The van der Waals surface area contributed by atoms with Gasteiger partial charge < -0.3 is 9.64 Å². The quantitative estimate of drug-likeness (QED) is 0.259. The van der Waals surface area contributed by atoms with E-state index >= 15 is 0 Å². The van der Waals surface area contributed by atoms with Crippen LogP contribution in [0.4, 0.5) is 5.69 Å². The van der Waals surface area contributed by atoms with Crippen molar-refractivity contribution in [3.05, 3.63) is 42.0 Å². The summed E-state index contributed by atoms with van der Waals surface area (Å²) in [7, 11) is 3.01. The molecule has 0 fully saturated rings. The Kier molecular flexibility index (Phi) is 5.02. The van der Waals surface area contributed by atoms with Crippen LogP contribution in [0.2, 0.25) is 0 Å². The monoisotopic (exact) mass is 240 g/mol. The van der Waals surface area contributed by atoms with Crippen molar-refractivity contribution in [3.8, 4) is 18.0 Å². The first kappa shape index (κ1) is 13.3. The van der Waals surface area contributed by atoms with Crippen molar-refractivity contribution in [2.24, 2.45) is 0 Å². The van der Waals surface area contributed by atoms with Crippen molar-refractivity contribution in [2.45, 2.75) is 0 Å². The number of ether oxygens (including phenoxy) is 1. The topological polar surface area (TPSA) is 53.3 Å². The van der Waals surface area contributed by atoms with Crippen LogP contribution in [0.5, 0.6) is 0 Å². The van der Waals surface area contributed by atoms with Gasteiger partial charge in [0.25, 0.3) is 0 Å². The first-order valence-electron chi connectivity index (χ1n) is 5.17. The molecular formula is C14H12N2O2. The van der Waals surface area contributed by atoms with Crippen LogP contribution in [0.15, 0.2) is 42.0 Å². The van der Waals surface area contributed by atoms with Crippen LogP contribution in [0.25, 0.3) is 0 Å². The summed E-state index contributed by atoms with van der Waals surface area (Å²) in [6.07, 6.45) is 1.24. The number of rotatable bonds is 2. The van der Waals surface area contributed by atoms with Gasteiger partial charge in [0.2, 0.25) is 0 Å². The molecule has 0 bridgehead atoms. The third kappa shape index (κ3) is 3.70. The van der Waals surface area contributed by atoms with Crippen molar-refractivity contribution in [3.63, 3.8) is 0 Å². The van der Waals surface area contributed by atoms with Crippen LogP contribution >= 0.6 is 0 Å². The lowest BCUT2D eigenvalue weighted by atomic mass is 10.3. The molecule has 1 aromatic carbocycles. The van der Waals surface area contributed by atoms with E-state index in [2.05, 4.69) is 16.7 Å². The molecule has 0 N–H and O–H groups in total. The van der Waals surface area contributed by atoms with E-state index in [-0.39, 0.29) is 5.57 Å². The number of allylic oxidation sites excluding steroid dienone is 1. The molecular weight excluding hydrogens is 228 g/mol. The number of anilines is 1. The Bertz CT molecular complexity index is 545. The fourth-order valence-electron chi connectivity index (χ4n) is 1.16. The summed E-state index contributed by atoms with van der Waals surface area (Å²) in [6, 6.07) is 14.1. The molecule has 0 atom stereocenters. The van der Waals surface area contributed by atoms with Gasteiger partial charge in [0.15, 0.2) is 0 Å². The predicted octanol–water partition coefficient (Wildman–Crippen LogP) is 1.71. The SMILES string of the molecule is COC(=O)/C(C#N)=C/C#CN(C)c1ccccc1. The summed E-state index contributed by atoms with van der Waals surface area (Å²) < 4.78 is 4.43. The van der Waals surface area contributed by atoms with E-state index in [0.717, 1.165) is 5.69 Å². The van der Waals surface area contributed by atoms with E-state index in [9.17, 15) is 4.79 Å². The summed E-state index contributed by atoms with van der Waals surface area (Å²) in [5.41, 5.74) is 0.807. The molecule has 0 saturated heterocycles. The van der Waals surface area contributed by atoms with Gasteiger partial charge in [-0.25, -0.2) is 4.79 Å². The van der Waals surface area contributed by atoms with Crippen molar-refractivity contribution in [1.29, 1.82) is 5.26 Å². The number of hydrogen-bond acceptors (Lipinski definition) is 4. The summed E-state index contributed by atoms with van der Waals surface area (Å²) in [4.78, 5) is 12.8. The van der Waals surface area contributed by atoms with Crippen LogP contribution in [0, 0.1) is 23.3 Å². The Balaban J connectivity index is 2.81. The molecule has 0 aliphatic heterocycles. The van der Waals surface area contributed by atoms with Gasteiger partial charge in [0.05, 0.1) is 7.11 Å². The molecule has 90 valence electrons. The minimum absolute atomic E-state index is 0.119. The normalized spacial score (nSPS) is 9.72. The van der Waals surface area contributed by atoms with Crippen LogP contribution < -0.4 is 4.90 Å². The zero-order valence-electron chi connectivity index (χ0n) is 10.2. The summed E-state index contributed by atoms with van der Waals surface area (Å²) >= 11 is 0. The molecule has 4 heteroatoms. The van der Waals surface area contributed by atoms with Crippen LogP contribution in [0.1, 0.15) is 0 Å². The number of nitrogens with zero attached hydrogens (tertiary/aromatic N) is 2.